The molecule has 10 nitrogen and oxygen atoms in total. The van der Waals surface area contributed by atoms with Gasteiger partial charge in [0.2, 0.25) is 0 Å². The third-order valence-corrected chi connectivity index (χ3v) is 8.10. The molecule has 4 aromatic rings. The van der Waals surface area contributed by atoms with Crippen molar-refractivity contribution in [2.24, 2.45) is 5.10 Å². The van der Waals surface area contributed by atoms with Gasteiger partial charge in [-0.2, -0.15) is 5.10 Å². The second kappa shape index (κ2) is 15.7. The van der Waals surface area contributed by atoms with Crippen LogP contribution in [0.2, 0.25) is 0 Å². The maximum Gasteiger partial charge on any atom is 0.341 e. The predicted octanol–water partition coefficient (Wildman–Crippen LogP) is 6.61. The van der Waals surface area contributed by atoms with Crippen molar-refractivity contribution >= 4 is 40.3 Å². The Morgan fingerprint density at radius 1 is 0.957 bits per heavy atom. The molecular formula is C35H37N3O7S. The first-order valence-electron chi connectivity index (χ1n) is 14.6. The van der Waals surface area contributed by atoms with Crippen LogP contribution in [0.4, 0.5) is 5.00 Å². The summed E-state index contributed by atoms with van der Waals surface area (Å²) >= 11 is 1.32. The Kier molecular flexibility index (Phi) is 11.5. The summed E-state index contributed by atoms with van der Waals surface area (Å²) in [6.07, 6.45) is 0.627. The van der Waals surface area contributed by atoms with E-state index in [1.54, 1.807) is 63.4 Å². The molecule has 4 rings (SSSR count). The standard InChI is InChI=1S/C35H37N3O7S/c1-7-43-35(41)31-22(3)24(5)46-34(31)37-33(40)27-13-15-28(16-14-27)45-23(4)32(39)38-36-19-26-12-17-29(30(18-26)42-6)44-20-25-10-8-21(2)9-11-25/h8-19,23H,7,20H2,1-6H3,(H,37,40)(H,38,39)/b36-19+. The van der Waals surface area contributed by atoms with E-state index in [0.717, 1.165) is 16.0 Å². The fourth-order valence-corrected chi connectivity index (χ4v) is 5.32. The van der Waals surface area contributed by atoms with Crippen molar-refractivity contribution < 1.29 is 33.3 Å². The van der Waals surface area contributed by atoms with E-state index in [9.17, 15) is 14.4 Å². The van der Waals surface area contributed by atoms with E-state index in [1.807, 2.05) is 45.0 Å². The molecule has 1 aromatic heterocycles. The smallest absolute Gasteiger partial charge is 0.341 e. The molecule has 2 N–H and O–H groups in total. The Balaban J connectivity index is 1.29. The summed E-state index contributed by atoms with van der Waals surface area (Å²) in [4.78, 5) is 38.9. The fraction of sp³-hybridized carbons (Fsp3) is 0.257. The average molecular weight is 644 g/mol. The van der Waals surface area contributed by atoms with Crippen LogP contribution in [0.1, 0.15) is 61.7 Å². The number of nitrogens with zero attached hydrogens (tertiary/aromatic N) is 1. The van der Waals surface area contributed by atoms with Gasteiger partial charge in [0.15, 0.2) is 17.6 Å². The van der Waals surface area contributed by atoms with E-state index in [-0.39, 0.29) is 12.5 Å². The Morgan fingerprint density at radius 2 is 1.67 bits per heavy atom. The van der Waals surface area contributed by atoms with Crippen LogP contribution in [0.5, 0.6) is 17.2 Å². The van der Waals surface area contributed by atoms with Crippen LogP contribution in [0, 0.1) is 20.8 Å². The van der Waals surface area contributed by atoms with Crippen molar-refractivity contribution in [3.63, 3.8) is 0 Å². The highest BCUT2D eigenvalue weighted by molar-refractivity contribution is 7.16. The molecule has 11 heteroatoms. The number of anilines is 1. The van der Waals surface area contributed by atoms with Crippen molar-refractivity contribution in [1.82, 2.24) is 5.43 Å². The van der Waals surface area contributed by atoms with Gasteiger partial charge in [-0.15, -0.1) is 11.3 Å². The zero-order valence-electron chi connectivity index (χ0n) is 26.6. The van der Waals surface area contributed by atoms with E-state index in [2.05, 4.69) is 15.8 Å². The van der Waals surface area contributed by atoms with E-state index in [4.69, 9.17) is 18.9 Å². The van der Waals surface area contributed by atoms with Gasteiger partial charge in [-0.1, -0.05) is 29.8 Å². The quantitative estimate of drug-likeness (QED) is 0.0955. The summed E-state index contributed by atoms with van der Waals surface area (Å²) in [5.74, 6) is 0.198. The molecule has 46 heavy (non-hydrogen) atoms. The first-order chi connectivity index (χ1) is 22.1. The second-order valence-electron chi connectivity index (χ2n) is 10.4. The lowest BCUT2D eigenvalue weighted by atomic mass is 10.1. The summed E-state index contributed by atoms with van der Waals surface area (Å²) < 4.78 is 22.3. The molecule has 0 saturated heterocycles. The molecule has 240 valence electrons. The zero-order chi connectivity index (χ0) is 33.2. The number of esters is 1. The number of hydrazone groups is 1. The van der Waals surface area contributed by atoms with Gasteiger partial charge in [-0.3, -0.25) is 9.59 Å². The summed E-state index contributed by atoms with van der Waals surface area (Å²) in [5, 5.41) is 7.29. The fourth-order valence-electron chi connectivity index (χ4n) is 4.27. The molecule has 0 saturated carbocycles. The summed E-state index contributed by atoms with van der Waals surface area (Å²) in [6.45, 7) is 9.69. The van der Waals surface area contributed by atoms with Crippen LogP contribution in [-0.4, -0.2) is 43.8 Å². The number of hydrogen-bond acceptors (Lipinski definition) is 9. The number of thiophene rings is 1. The molecule has 1 heterocycles. The Hall–Kier alpha value is -5.16. The first kappa shape index (κ1) is 33.7. The maximum atomic E-state index is 12.9. The molecule has 0 aliphatic heterocycles. The minimum atomic E-state index is -0.867. The number of amides is 2. The van der Waals surface area contributed by atoms with Gasteiger partial charge in [0.1, 0.15) is 17.4 Å². The number of nitrogens with one attached hydrogen (secondary N) is 2. The molecular weight excluding hydrogens is 606 g/mol. The van der Waals surface area contributed by atoms with Crippen LogP contribution >= 0.6 is 11.3 Å². The highest BCUT2D eigenvalue weighted by Crippen LogP contribution is 2.33. The van der Waals surface area contributed by atoms with Gasteiger partial charge in [0.05, 0.1) is 25.5 Å². The highest BCUT2D eigenvalue weighted by Gasteiger charge is 2.22. The first-order valence-corrected chi connectivity index (χ1v) is 15.5. The SMILES string of the molecule is CCOC(=O)c1c(NC(=O)c2ccc(OC(C)C(=O)N/N=C/c3ccc(OCc4ccc(C)cc4)c(OC)c3)cc2)sc(C)c1C. The molecule has 1 atom stereocenters. The molecule has 0 spiro atoms. The normalized spacial score (nSPS) is 11.5. The van der Waals surface area contributed by atoms with Gasteiger partial charge < -0.3 is 24.3 Å². The highest BCUT2D eigenvalue weighted by atomic mass is 32.1. The molecule has 3 aromatic carbocycles. The lowest BCUT2D eigenvalue weighted by Gasteiger charge is -2.13. The summed E-state index contributed by atoms with van der Waals surface area (Å²) in [7, 11) is 1.56. The van der Waals surface area contributed by atoms with Crippen LogP contribution < -0.4 is 25.0 Å². The van der Waals surface area contributed by atoms with Gasteiger partial charge in [-0.25, -0.2) is 10.2 Å². The monoisotopic (exact) mass is 643 g/mol. The number of ether oxygens (including phenoxy) is 4. The van der Waals surface area contributed by atoms with Crippen molar-refractivity contribution in [1.29, 1.82) is 0 Å². The third kappa shape index (κ3) is 8.72. The minimum absolute atomic E-state index is 0.236. The van der Waals surface area contributed by atoms with Crippen LogP contribution in [0.3, 0.4) is 0 Å². The van der Waals surface area contributed by atoms with Crippen molar-refractivity contribution in [3.05, 3.63) is 105 Å². The van der Waals surface area contributed by atoms with E-state index in [0.29, 0.717) is 45.5 Å². The molecule has 2 amide bonds. The maximum absolute atomic E-state index is 12.9. The third-order valence-electron chi connectivity index (χ3n) is 6.98. The topological polar surface area (TPSA) is 125 Å². The number of rotatable bonds is 13. The molecule has 0 aliphatic carbocycles. The van der Waals surface area contributed by atoms with E-state index in [1.165, 1.54) is 23.1 Å². The average Bonchev–Trinajstić information content (AvgIpc) is 3.33. The van der Waals surface area contributed by atoms with Crippen LogP contribution in [0.15, 0.2) is 71.8 Å². The van der Waals surface area contributed by atoms with Crippen LogP contribution in [-0.2, 0) is 16.1 Å². The predicted molar refractivity (Wildman–Crippen MR) is 178 cm³/mol. The number of hydrogen-bond donors (Lipinski definition) is 2. The van der Waals surface area contributed by atoms with E-state index >= 15 is 0 Å². The Bertz CT molecular complexity index is 1710. The number of carbonyl (C=O) groups excluding carboxylic acids is 3. The summed E-state index contributed by atoms with van der Waals surface area (Å²) in [6, 6.07) is 19.8. The van der Waals surface area contributed by atoms with Crippen molar-refractivity contribution in [3.8, 4) is 17.2 Å². The number of carbonyl (C=O) groups is 3. The Labute approximate surface area is 272 Å². The minimum Gasteiger partial charge on any atom is -0.493 e. The lowest BCUT2D eigenvalue weighted by Crippen LogP contribution is -2.33. The summed E-state index contributed by atoms with van der Waals surface area (Å²) in [5.41, 5.74) is 6.89. The van der Waals surface area contributed by atoms with Crippen molar-refractivity contribution in [2.45, 2.75) is 47.3 Å². The molecule has 0 radical (unpaired) electrons. The molecule has 1 unspecified atom stereocenters. The van der Waals surface area contributed by atoms with Crippen LogP contribution in [0.25, 0.3) is 0 Å². The van der Waals surface area contributed by atoms with Gasteiger partial charge in [0, 0.05) is 10.4 Å². The largest absolute Gasteiger partial charge is 0.493 e. The van der Waals surface area contributed by atoms with Gasteiger partial charge in [0.25, 0.3) is 11.8 Å². The number of benzene rings is 3. The number of aryl methyl sites for hydroxylation is 2. The van der Waals surface area contributed by atoms with Gasteiger partial charge >= 0.3 is 5.97 Å². The molecule has 0 fully saturated rings. The lowest BCUT2D eigenvalue weighted by molar-refractivity contribution is -0.127. The Morgan fingerprint density at radius 3 is 2.35 bits per heavy atom. The second-order valence-corrected chi connectivity index (χ2v) is 11.6. The van der Waals surface area contributed by atoms with Gasteiger partial charge in [-0.05, 0) is 93.8 Å². The van der Waals surface area contributed by atoms with E-state index < -0.39 is 18.0 Å². The number of methoxy groups -OCH3 is 1. The molecule has 0 bridgehead atoms. The zero-order valence-corrected chi connectivity index (χ0v) is 27.4. The van der Waals surface area contributed by atoms with Crippen molar-refractivity contribution in [2.75, 3.05) is 19.0 Å². The molecule has 0 aliphatic rings.